The highest BCUT2D eigenvalue weighted by Gasteiger charge is 2.24. The van der Waals surface area contributed by atoms with Crippen molar-refractivity contribution in [3.63, 3.8) is 0 Å². The molecule has 2 aliphatic rings. The first kappa shape index (κ1) is 29.2. The van der Waals surface area contributed by atoms with Gasteiger partial charge in [-0.1, -0.05) is 133 Å². The molecular weight excluding hydrogens is 585 g/mol. The summed E-state index contributed by atoms with van der Waals surface area (Å²) in [7, 11) is 0. The molecule has 8 rings (SSSR count). The summed E-state index contributed by atoms with van der Waals surface area (Å²) < 4.78 is 0. The van der Waals surface area contributed by atoms with Crippen molar-refractivity contribution in [1.29, 1.82) is 0 Å². The molecule has 4 heteroatoms. The zero-order chi connectivity index (χ0) is 32.3. The maximum Gasteiger partial charge on any atom is 0.0728 e. The van der Waals surface area contributed by atoms with Gasteiger partial charge in [0.05, 0.1) is 6.04 Å². The normalized spacial score (nSPS) is 22.2. The van der Waals surface area contributed by atoms with Crippen molar-refractivity contribution in [2.24, 2.45) is 5.73 Å². The van der Waals surface area contributed by atoms with Crippen LogP contribution < -0.4 is 21.7 Å². The highest BCUT2D eigenvalue weighted by atomic mass is 15.0. The fourth-order valence-electron chi connectivity index (χ4n) is 6.87. The second-order valence-electron chi connectivity index (χ2n) is 12.1. The minimum atomic E-state index is -0.0479. The Hall–Kier alpha value is -6.26. The fourth-order valence-corrected chi connectivity index (χ4v) is 6.87. The van der Waals surface area contributed by atoms with E-state index < -0.39 is 0 Å². The number of nitrogens with one attached hydrogen (secondary N) is 3. The van der Waals surface area contributed by atoms with Gasteiger partial charge in [-0.25, -0.2) is 0 Å². The Balaban J connectivity index is 1.41. The molecule has 0 amide bonds. The van der Waals surface area contributed by atoms with Crippen LogP contribution in [0.3, 0.4) is 0 Å². The van der Waals surface area contributed by atoms with Gasteiger partial charge in [-0.15, -0.1) is 0 Å². The van der Waals surface area contributed by atoms with Crippen molar-refractivity contribution in [2.75, 3.05) is 0 Å². The molecule has 48 heavy (non-hydrogen) atoms. The topological polar surface area (TPSA) is 69.6 Å². The average Bonchev–Trinajstić information content (AvgIpc) is 3.92. The Bertz CT molecular complexity index is 2320. The van der Waals surface area contributed by atoms with Crippen LogP contribution in [0, 0.1) is 0 Å². The molecule has 0 saturated heterocycles. The first-order valence-electron chi connectivity index (χ1n) is 16.4. The molecule has 0 fully saturated rings. The van der Waals surface area contributed by atoms with Gasteiger partial charge in [-0.2, -0.15) is 0 Å². The number of allylic oxidation sites excluding steroid dienone is 3. The lowest BCUT2D eigenvalue weighted by Crippen LogP contribution is -2.29. The third-order valence-corrected chi connectivity index (χ3v) is 9.11. The monoisotopic (exact) mass is 620 g/mol. The zero-order valence-corrected chi connectivity index (χ0v) is 26.5. The van der Waals surface area contributed by atoms with Gasteiger partial charge in [-0.3, -0.25) is 0 Å². The molecule has 0 spiro atoms. The van der Waals surface area contributed by atoms with Crippen molar-refractivity contribution in [3.05, 3.63) is 226 Å². The van der Waals surface area contributed by atoms with Crippen LogP contribution in [-0.2, 0) is 0 Å². The largest absolute Gasteiger partial charge is 0.398 e. The van der Waals surface area contributed by atoms with Gasteiger partial charge in [-0.05, 0) is 70.7 Å². The van der Waals surface area contributed by atoms with Gasteiger partial charge < -0.3 is 21.0 Å². The Morgan fingerprint density at radius 1 is 0.500 bits per heavy atom. The summed E-state index contributed by atoms with van der Waals surface area (Å²) in [6.45, 7) is 0. The Morgan fingerprint density at radius 3 is 1.69 bits per heavy atom. The molecule has 6 aromatic rings. The molecule has 0 aliphatic carbocycles. The van der Waals surface area contributed by atoms with E-state index >= 15 is 0 Å². The summed E-state index contributed by atoms with van der Waals surface area (Å²) in [5.74, 6) is 0. The van der Waals surface area contributed by atoms with E-state index in [9.17, 15) is 0 Å². The van der Waals surface area contributed by atoms with E-state index in [4.69, 9.17) is 5.73 Å². The third-order valence-electron chi connectivity index (χ3n) is 9.11. The molecule has 5 N–H and O–H groups in total. The lowest BCUT2D eigenvalue weighted by molar-refractivity contribution is 0.855. The van der Waals surface area contributed by atoms with E-state index in [0.29, 0.717) is 12.1 Å². The van der Waals surface area contributed by atoms with E-state index in [-0.39, 0.29) is 6.04 Å². The van der Waals surface area contributed by atoms with Gasteiger partial charge in [0.2, 0.25) is 0 Å². The summed E-state index contributed by atoms with van der Waals surface area (Å²) in [4.78, 5) is 7.60. The molecule has 6 bridgehead atoms. The number of rotatable bonds is 4. The molecule has 0 radical (unpaired) electrons. The van der Waals surface area contributed by atoms with E-state index in [1.54, 1.807) is 0 Å². The van der Waals surface area contributed by atoms with E-state index in [0.717, 1.165) is 50.1 Å². The molecular formula is C44H36N4. The standard InChI is InChI=1S/C44H36N4/c45-35-23-13-22-34(30-14-5-1-6-15-30)36-24-25-38(46-36)43(32-18-9-3-10-19-32)40-28-29-41(48-40)44(33-20-11-4-12-21-33)39-27-26-37(47-39)42(35)31-16-7-2-8-17-31/h1-21,23-29,40,46-48H,22,45H2/b23-13-,36-34+,42-35-,43-38-,44-41-. The first-order chi connectivity index (χ1) is 23.7. The maximum atomic E-state index is 6.97. The predicted octanol–water partition coefficient (Wildman–Crippen LogP) is 7.41. The van der Waals surface area contributed by atoms with Gasteiger partial charge in [0, 0.05) is 50.2 Å². The number of aromatic nitrogens is 2. The molecule has 1 atom stereocenters. The second-order valence-corrected chi connectivity index (χ2v) is 12.1. The van der Waals surface area contributed by atoms with E-state index in [1.165, 1.54) is 22.3 Å². The number of nitrogens with two attached hydrogens (primary N) is 1. The second kappa shape index (κ2) is 12.9. The minimum absolute atomic E-state index is 0.0479. The minimum Gasteiger partial charge on any atom is -0.398 e. The Kier molecular flexibility index (Phi) is 7.81. The molecule has 232 valence electrons. The van der Waals surface area contributed by atoms with E-state index in [1.807, 2.05) is 6.07 Å². The molecule has 4 aromatic carbocycles. The highest BCUT2D eigenvalue weighted by Crippen LogP contribution is 2.33. The molecule has 1 unspecified atom stereocenters. The van der Waals surface area contributed by atoms with E-state index in [2.05, 4.69) is 179 Å². The van der Waals surface area contributed by atoms with Crippen molar-refractivity contribution >= 4 is 22.3 Å². The maximum absolute atomic E-state index is 6.97. The van der Waals surface area contributed by atoms with Crippen LogP contribution in [0.4, 0.5) is 0 Å². The highest BCUT2D eigenvalue weighted by molar-refractivity contribution is 5.87. The lowest BCUT2D eigenvalue weighted by Gasteiger charge is -2.18. The van der Waals surface area contributed by atoms with Crippen LogP contribution in [0.1, 0.15) is 40.1 Å². The van der Waals surface area contributed by atoms with Gasteiger partial charge in [0.15, 0.2) is 0 Å². The van der Waals surface area contributed by atoms with Crippen molar-refractivity contribution < 1.29 is 0 Å². The van der Waals surface area contributed by atoms with Crippen LogP contribution in [0.2, 0.25) is 0 Å². The van der Waals surface area contributed by atoms with Crippen molar-refractivity contribution in [1.82, 2.24) is 15.3 Å². The quantitative estimate of drug-likeness (QED) is 0.166. The molecule has 2 aromatic heterocycles. The van der Waals surface area contributed by atoms with Crippen LogP contribution in [0.25, 0.3) is 22.3 Å². The van der Waals surface area contributed by atoms with Crippen LogP contribution >= 0.6 is 0 Å². The van der Waals surface area contributed by atoms with Gasteiger partial charge in [0.25, 0.3) is 0 Å². The van der Waals surface area contributed by atoms with Crippen LogP contribution in [0.15, 0.2) is 181 Å². The summed E-state index contributed by atoms with van der Waals surface area (Å²) in [5.41, 5.74) is 19.7. The molecule has 0 saturated carbocycles. The first-order valence-corrected chi connectivity index (χ1v) is 16.4. The summed E-state index contributed by atoms with van der Waals surface area (Å²) >= 11 is 0. The predicted molar refractivity (Wildman–Crippen MR) is 198 cm³/mol. The zero-order valence-electron chi connectivity index (χ0n) is 26.5. The van der Waals surface area contributed by atoms with Crippen LogP contribution in [0.5, 0.6) is 0 Å². The van der Waals surface area contributed by atoms with Crippen molar-refractivity contribution in [2.45, 2.75) is 12.5 Å². The molecule has 4 nitrogen and oxygen atoms in total. The number of hydrogen-bond acceptors (Lipinski definition) is 2. The number of aromatic amines is 2. The average molecular weight is 621 g/mol. The molecule has 4 heterocycles. The van der Waals surface area contributed by atoms with Crippen molar-refractivity contribution in [3.8, 4) is 0 Å². The fraction of sp³-hybridized carbons (Fsp3) is 0.0455. The Morgan fingerprint density at radius 2 is 1.04 bits per heavy atom. The number of H-pyrrole nitrogens is 2. The smallest absolute Gasteiger partial charge is 0.0728 e. The molecule has 2 aliphatic heterocycles. The lowest BCUT2D eigenvalue weighted by atomic mass is 9.98. The van der Waals surface area contributed by atoms with Crippen LogP contribution in [-0.4, -0.2) is 16.0 Å². The third kappa shape index (κ3) is 5.65. The summed E-state index contributed by atoms with van der Waals surface area (Å²) in [6.07, 6.45) is 9.42. The van der Waals surface area contributed by atoms with Gasteiger partial charge in [0.1, 0.15) is 0 Å². The SMILES string of the molecule is NC1=C(/c2ccccc2)c2ccc([nH]2)/C(c2ccccc2)=C2/C=CC(N2)/C(c2ccccc2)=c2/cc/c([nH]2)=C(\c2ccccc2)C/C=C\1. The summed E-state index contributed by atoms with van der Waals surface area (Å²) in [6, 6.07) is 50.9. The number of hydrogen-bond donors (Lipinski definition) is 4. The summed E-state index contributed by atoms with van der Waals surface area (Å²) in [5, 5.41) is 6.07. The van der Waals surface area contributed by atoms with Gasteiger partial charge >= 0.3 is 0 Å². The Labute approximate surface area is 280 Å². The number of fused-ring (bicyclic) bond motifs is 6. The number of benzene rings is 4.